The van der Waals surface area contributed by atoms with Crippen LogP contribution in [0.5, 0.6) is 0 Å². The molecule has 82 valence electrons. The number of aliphatic hydroxyl groups is 1. The maximum Gasteiger partial charge on any atom is 0.118 e. The van der Waals surface area contributed by atoms with Gasteiger partial charge in [-0.25, -0.2) is 0 Å². The number of thioether (sulfide) groups is 1. The van der Waals surface area contributed by atoms with Crippen molar-refractivity contribution in [3.63, 3.8) is 0 Å². The zero-order chi connectivity index (χ0) is 10.9. The average molecular weight is 222 g/mol. The lowest BCUT2D eigenvalue weighted by molar-refractivity contribution is 0.310. The average Bonchev–Trinajstić information content (AvgIpc) is 2.28. The smallest absolute Gasteiger partial charge is 0.118 e. The van der Waals surface area contributed by atoms with E-state index in [0.717, 1.165) is 11.3 Å². The number of hydrogen-bond acceptors (Lipinski definition) is 2. The maximum atomic E-state index is 9.61. The van der Waals surface area contributed by atoms with Crippen LogP contribution in [-0.2, 0) is 0 Å². The lowest BCUT2D eigenvalue weighted by Gasteiger charge is -2.03. The van der Waals surface area contributed by atoms with E-state index in [1.807, 2.05) is 42.5 Å². The van der Waals surface area contributed by atoms with Crippen LogP contribution in [0.3, 0.4) is 0 Å². The van der Waals surface area contributed by atoms with Crippen LogP contribution in [0.4, 0.5) is 0 Å². The molecule has 1 N–H and O–H groups in total. The molecular weight excluding hydrogens is 204 g/mol. The molecule has 0 fully saturated rings. The fourth-order valence-corrected chi connectivity index (χ4v) is 2.05. The molecule has 1 nitrogen and oxygen atoms in total. The van der Waals surface area contributed by atoms with Gasteiger partial charge in [-0.1, -0.05) is 49.8 Å². The summed E-state index contributed by atoms with van der Waals surface area (Å²) in [6, 6.07) is 10.0. The third-order valence-electron chi connectivity index (χ3n) is 2.04. The van der Waals surface area contributed by atoms with E-state index in [1.54, 1.807) is 11.8 Å². The Bertz CT molecular complexity index is 282. The summed E-state index contributed by atoms with van der Waals surface area (Å²) in [7, 11) is 0. The van der Waals surface area contributed by atoms with Gasteiger partial charge in [0, 0.05) is 0 Å². The van der Waals surface area contributed by atoms with Crippen molar-refractivity contribution in [1.29, 1.82) is 0 Å². The number of unbranched alkanes of at least 4 members (excludes halogenated alkanes) is 1. The molecule has 0 aliphatic heterocycles. The van der Waals surface area contributed by atoms with Crippen molar-refractivity contribution >= 4 is 17.8 Å². The zero-order valence-electron chi connectivity index (χ0n) is 9.10. The standard InChI is InChI=1S/C13H18OS/c1-2-3-11-15-13(14)10-9-12-7-5-4-6-8-12/h4-10,13-14H,2-3,11H2,1H3/b10-9+. The van der Waals surface area contributed by atoms with Crippen LogP contribution in [0, 0.1) is 0 Å². The summed E-state index contributed by atoms with van der Waals surface area (Å²) in [6.45, 7) is 2.16. The molecule has 1 unspecified atom stereocenters. The van der Waals surface area contributed by atoms with Crippen LogP contribution in [0.15, 0.2) is 36.4 Å². The second-order valence-electron chi connectivity index (χ2n) is 3.38. The molecule has 0 spiro atoms. The highest BCUT2D eigenvalue weighted by molar-refractivity contribution is 7.99. The summed E-state index contributed by atoms with van der Waals surface area (Å²) in [6.07, 6.45) is 6.16. The van der Waals surface area contributed by atoms with Crippen molar-refractivity contribution in [2.45, 2.75) is 25.2 Å². The molecular formula is C13H18OS. The second kappa shape index (κ2) is 7.55. The van der Waals surface area contributed by atoms with Crippen molar-refractivity contribution in [2.24, 2.45) is 0 Å². The molecule has 0 aliphatic rings. The monoisotopic (exact) mass is 222 g/mol. The Labute approximate surface area is 96.2 Å². The molecule has 0 amide bonds. The quantitative estimate of drug-likeness (QED) is 0.586. The Morgan fingerprint density at radius 2 is 2.07 bits per heavy atom. The van der Waals surface area contributed by atoms with E-state index >= 15 is 0 Å². The summed E-state index contributed by atoms with van der Waals surface area (Å²) in [5.74, 6) is 1.02. The van der Waals surface area contributed by atoms with E-state index < -0.39 is 0 Å². The van der Waals surface area contributed by atoms with E-state index in [-0.39, 0.29) is 5.44 Å². The van der Waals surface area contributed by atoms with E-state index in [9.17, 15) is 5.11 Å². The third-order valence-corrected chi connectivity index (χ3v) is 3.06. The molecule has 0 radical (unpaired) electrons. The Morgan fingerprint density at radius 3 is 2.73 bits per heavy atom. The molecule has 1 rings (SSSR count). The van der Waals surface area contributed by atoms with E-state index in [0.29, 0.717) is 0 Å². The molecule has 1 atom stereocenters. The fraction of sp³-hybridized carbons (Fsp3) is 0.385. The summed E-state index contributed by atoms with van der Waals surface area (Å²) >= 11 is 1.59. The van der Waals surface area contributed by atoms with Crippen molar-refractivity contribution in [1.82, 2.24) is 0 Å². The van der Waals surface area contributed by atoms with Crippen molar-refractivity contribution in [2.75, 3.05) is 5.75 Å². The second-order valence-corrected chi connectivity index (χ2v) is 4.61. The lowest BCUT2D eigenvalue weighted by atomic mass is 10.2. The van der Waals surface area contributed by atoms with Gasteiger partial charge < -0.3 is 5.11 Å². The zero-order valence-corrected chi connectivity index (χ0v) is 9.91. The van der Waals surface area contributed by atoms with Crippen molar-refractivity contribution < 1.29 is 5.11 Å². The maximum absolute atomic E-state index is 9.61. The van der Waals surface area contributed by atoms with Crippen LogP contribution in [0.25, 0.3) is 6.08 Å². The SMILES string of the molecule is CCCCSC(O)/C=C/c1ccccc1. The minimum Gasteiger partial charge on any atom is -0.379 e. The first-order chi connectivity index (χ1) is 7.33. The Morgan fingerprint density at radius 1 is 1.33 bits per heavy atom. The molecule has 0 saturated heterocycles. The topological polar surface area (TPSA) is 20.2 Å². The molecule has 2 heteroatoms. The predicted molar refractivity (Wildman–Crippen MR) is 68.8 cm³/mol. The summed E-state index contributed by atoms with van der Waals surface area (Å²) in [5.41, 5.74) is 0.754. The number of rotatable bonds is 6. The van der Waals surface area contributed by atoms with Gasteiger partial charge in [0.15, 0.2) is 0 Å². The molecule has 0 aliphatic carbocycles. The number of aliphatic hydroxyl groups excluding tert-OH is 1. The minimum atomic E-state index is -0.378. The van der Waals surface area contributed by atoms with Crippen LogP contribution >= 0.6 is 11.8 Å². The fourth-order valence-electron chi connectivity index (χ4n) is 1.16. The Balaban J connectivity index is 2.31. The van der Waals surface area contributed by atoms with Gasteiger partial charge in [0.1, 0.15) is 5.44 Å². The van der Waals surface area contributed by atoms with Crippen LogP contribution in [-0.4, -0.2) is 16.3 Å². The normalized spacial score (nSPS) is 13.2. The van der Waals surface area contributed by atoms with Crippen LogP contribution in [0.1, 0.15) is 25.3 Å². The van der Waals surface area contributed by atoms with Crippen LogP contribution in [0.2, 0.25) is 0 Å². The highest BCUT2D eigenvalue weighted by Crippen LogP contribution is 2.13. The van der Waals surface area contributed by atoms with E-state index in [1.165, 1.54) is 12.8 Å². The first kappa shape index (κ1) is 12.3. The van der Waals surface area contributed by atoms with Gasteiger partial charge in [-0.15, -0.1) is 11.8 Å². The third kappa shape index (κ3) is 5.65. The highest BCUT2D eigenvalue weighted by atomic mass is 32.2. The van der Waals surface area contributed by atoms with Gasteiger partial charge >= 0.3 is 0 Å². The Hall–Kier alpha value is -0.730. The van der Waals surface area contributed by atoms with Gasteiger partial charge in [0.25, 0.3) is 0 Å². The lowest BCUT2D eigenvalue weighted by Crippen LogP contribution is -1.96. The summed E-state index contributed by atoms with van der Waals surface area (Å²) in [4.78, 5) is 0. The molecule has 0 heterocycles. The minimum absolute atomic E-state index is 0.378. The number of benzene rings is 1. The molecule has 0 aromatic heterocycles. The number of hydrogen-bond donors (Lipinski definition) is 1. The molecule has 1 aromatic rings. The van der Waals surface area contributed by atoms with E-state index in [4.69, 9.17) is 0 Å². The first-order valence-electron chi connectivity index (χ1n) is 5.36. The predicted octanol–water partition coefficient (Wildman–Crippen LogP) is 3.55. The van der Waals surface area contributed by atoms with Crippen molar-refractivity contribution in [3.8, 4) is 0 Å². The summed E-state index contributed by atoms with van der Waals surface area (Å²) < 4.78 is 0. The van der Waals surface area contributed by atoms with Gasteiger partial charge in [0.2, 0.25) is 0 Å². The molecule has 0 bridgehead atoms. The molecule has 0 saturated carbocycles. The van der Waals surface area contributed by atoms with Crippen LogP contribution < -0.4 is 0 Å². The largest absolute Gasteiger partial charge is 0.379 e. The van der Waals surface area contributed by atoms with Crippen molar-refractivity contribution in [3.05, 3.63) is 42.0 Å². The summed E-state index contributed by atoms with van der Waals surface area (Å²) in [5, 5.41) is 9.61. The van der Waals surface area contributed by atoms with Gasteiger partial charge in [-0.2, -0.15) is 0 Å². The highest BCUT2D eigenvalue weighted by Gasteiger charge is 1.97. The van der Waals surface area contributed by atoms with Gasteiger partial charge in [0.05, 0.1) is 0 Å². The van der Waals surface area contributed by atoms with Gasteiger partial charge in [-0.05, 0) is 23.8 Å². The first-order valence-corrected chi connectivity index (χ1v) is 6.40. The van der Waals surface area contributed by atoms with E-state index in [2.05, 4.69) is 6.92 Å². The Kier molecular flexibility index (Phi) is 6.21. The van der Waals surface area contributed by atoms with Gasteiger partial charge in [-0.3, -0.25) is 0 Å². The molecule has 1 aromatic carbocycles. The molecule has 15 heavy (non-hydrogen) atoms.